The van der Waals surface area contributed by atoms with E-state index in [0.717, 1.165) is 10.5 Å². The molecule has 38 heavy (non-hydrogen) atoms. The average Bonchev–Trinajstić information content (AvgIpc) is 3.15. The van der Waals surface area contributed by atoms with Crippen molar-refractivity contribution >= 4 is 40.7 Å². The Morgan fingerprint density at radius 2 is 1.61 bits per heavy atom. The number of carbonyl (C=O) groups is 3. The van der Waals surface area contributed by atoms with Crippen LogP contribution in [-0.2, 0) is 16.0 Å². The highest BCUT2D eigenvalue weighted by Crippen LogP contribution is 2.31. The molecule has 1 heterocycles. The minimum absolute atomic E-state index is 0.0708. The molecule has 1 aliphatic heterocycles. The molecule has 3 aromatic carbocycles. The normalized spacial score (nSPS) is 13.0. The third-order valence-electron chi connectivity index (χ3n) is 5.90. The first-order valence-electron chi connectivity index (χ1n) is 11.6. The first-order valence-corrected chi connectivity index (χ1v) is 12.0. The van der Waals surface area contributed by atoms with Gasteiger partial charge in [-0.05, 0) is 66.6 Å². The van der Waals surface area contributed by atoms with Crippen LogP contribution in [0.5, 0.6) is 17.2 Å². The number of ether oxygens (including phenoxy) is 3. The number of amides is 3. The molecule has 4 rings (SSSR count). The molecule has 0 atom stereocenters. The molecule has 0 unspecified atom stereocenters. The monoisotopic (exact) mass is 535 g/mol. The summed E-state index contributed by atoms with van der Waals surface area (Å²) >= 11 is 6.23. The molecule has 0 fully saturated rings. The third-order valence-corrected chi connectivity index (χ3v) is 6.25. The number of anilines is 2. The molecule has 3 amide bonds. The van der Waals surface area contributed by atoms with E-state index in [9.17, 15) is 14.4 Å². The second kappa shape index (κ2) is 11.7. The van der Waals surface area contributed by atoms with Crippen molar-refractivity contribution in [1.82, 2.24) is 5.32 Å². The van der Waals surface area contributed by atoms with Crippen LogP contribution in [-0.4, -0.2) is 45.6 Å². The minimum Gasteiger partial charge on any atom is -0.497 e. The Kier molecular flexibility index (Phi) is 8.18. The van der Waals surface area contributed by atoms with Crippen LogP contribution in [0.15, 0.2) is 77.5 Å². The van der Waals surface area contributed by atoms with Crippen LogP contribution in [0.4, 0.5) is 11.4 Å². The van der Waals surface area contributed by atoms with Crippen LogP contribution in [0, 0.1) is 0 Å². The van der Waals surface area contributed by atoms with Gasteiger partial charge in [-0.3, -0.25) is 14.4 Å². The Labute approximate surface area is 224 Å². The van der Waals surface area contributed by atoms with Gasteiger partial charge in [-0.2, -0.15) is 0 Å². The maximum atomic E-state index is 13.0. The summed E-state index contributed by atoms with van der Waals surface area (Å²) in [6.45, 7) is 0.396. The second-order valence-corrected chi connectivity index (χ2v) is 8.61. The van der Waals surface area contributed by atoms with Crippen molar-refractivity contribution in [3.63, 3.8) is 0 Å². The molecule has 0 saturated heterocycles. The third kappa shape index (κ3) is 5.57. The zero-order chi connectivity index (χ0) is 27.2. The lowest BCUT2D eigenvalue weighted by molar-refractivity contribution is -0.120. The molecule has 196 valence electrons. The Morgan fingerprint density at radius 3 is 2.29 bits per heavy atom. The van der Waals surface area contributed by atoms with Gasteiger partial charge in [0.05, 0.1) is 27.0 Å². The van der Waals surface area contributed by atoms with Gasteiger partial charge in [0.2, 0.25) is 0 Å². The van der Waals surface area contributed by atoms with Crippen LogP contribution in [0.25, 0.3) is 0 Å². The molecule has 0 aromatic heterocycles. The van der Waals surface area contributed by atoms with E-state index in [4.69, 9.17) is 25.8 Å². The van der Waals surface area contributed by atoms with E-state index in [0.29, 0.717) is 47.2 Å². The predicted molar refractivity (Wildman–Crippen MR) is 144 cm³/mol. The largest absolute Gasteiger partial charge is 0.497 e. The number of carbonyl (C=O) groups excluding carboxylic acids is 3. The van der Waals surface area contributed by atoms with Gasteiger partial charge in [0.25, 0.3) is 17.7 Å². The zero-order valence-corrected chi connectivity index (χ0v) is 21.8. The average molecular weight is 536 g/mol. The van der Waals surface area contributed by atoms with Crippen molar-refractivity contribution in [2.45, 2.75) is 6.42 Å². The molecule has 10 heteroatoms. The standard InChI is InChI=1S/C28H26ClN3O6/c1-36-21-10-8-20(9-11-21)32-27(34)24(29)25(28(32)35)31-19-6-4-5-18(16-19)26(33)30-14-13-17-7-12-22(37-2)23(15-17)38-3/h4-12,15-16,31H,13-14H2,1-3H3,(H,30,33). The van der Waals surface area contributed by atoms with E-state index >= 15 is 0 Å². The van der Waals surface area contributed by atoms with Gasteiger partial charge in [-0.25, -0.2) is 4.90 Å². The second-order valence-electron chi connectivity index (χ2n) is 8.23. The Balaban J connectivity index is 1.40. The predicted octanol–water partition coefficient (Wildman–Crippen LogP) is 4.12. The van der Waals surface area contributed by atoms with E-state index in [1.807, 2.05) is 18.2 Å². The highest BCUT2D eigenvalue weighted by molar-refractivity contribution is 6.53. The molecule has 0 saturated carbocycles. The number of nitrogens with zero attached hydrogens (tertiary/aromatic N) is 1. The number of hydrogen-bond acceptors (Lipinski definition) is 7. The lowest BCUT2D eigenvalue weighted by Crippen LogP contribution is -2.32. The summed E-state index contributed by atoms with van der Waals surface area (Å²) in [4.78, 5) is 39.5. The lowest BCUT2D eigenvalue weighted by Gasteiger charge is -2.15. The van der Waals surface area contributed by atoms with E-state index < -0.39 is 11.8 Å². The fourth-order valence-corrected chi connectivity index (χ4v) is 4.13. The van der Waals surface area contributed by atoms with Crippen molar-refractivity contribution < 1.29 is 28.6 Å². The number of hydrogen-bond donors (Lipinski definition) is 2. The molecule has 0 radical (unpaired) electrons. The van der Waals surface area contributed by atoms with Crippen molar-refractivity contribution in [3.05, 3.63) is 88.6 Å². The molecule has 0 aliphatic carbocycles. The summed E-state index contributed by atoms with van der Waals surface area (Å²) in [5, 5.41) is 5.54. The molecular weight excluding hydrogens is 510 g/mol. The van der Waals surface area contributed by atoms with Gasteiger partial charge in [0.15, 0.2) is 11.5 Å². The van der Waals surface area contributed by atoms with Gasteiger partial charge in [0, 0.05) is 17.8 Å². The Bertz CT molecular complexity index is 1400. The zero-order valence-electron chi connectivity index (χ0n) is 21.0. The first-order chi connectivity index (χ1) is 18.4. The van der Waals surface area contributed by atoms with Crippen LogP contribution in [0.3, 0.4) is 0 Å². The molecule has 0 spiro atoms. The van der Waals surface area contributed by atoms with Gasteiger partial charge < -0.3 is 24.8 Å². The minimum atomic E-state index is -0.645. The molecule has 1 aliphatic rings. The molecule has 2 N–H and O–H groups in total. The number of halogens is 1. The van der Waals surface area contributed by atoms with Crippen molar-refractivity contribution in [3.8, 4) is 17.2 Å². The van der Waals surface area contributed by atoms with E-state index in [1.54, 1.807) is 62.8 Å². The topological polar surface area (TPSA) is 106 Å². The molecular formula is C28H26ClN3O6. The summed E-state index contributed by atoms with van der Waals surface area (Å²) in [6, 6.07) is 18.6. The van der Waals surface area contributed by atoms with Gasteiger partial charge in [-0.1, -0.05) is 23.7 Å². The lowest BCUT2D eigenvalue weighted by atomic mass is 10.1. The molecule has 3 aromatic rings. The van der Waals surface area contributed by atoms with Gasteiger partial charge >= 0.3 is 0 Å². The quantitative estimate of drug-likeness (QED) is 0.376. The Hall–Kier alpha value is -4.50. The maximum Gasteiger partial charge on any atom is 0.283 e. The number of benzene rings is 3. The number of rotatable bonds is 10. The van der Waals surface area contributed by atoms with Crippen LogP contribution >= 0.6 is 11.6 Å². The maximum absolute atomic E-state index is 13.0. The van der Waals surface area contributed by atoms with E-state index in [2.05, 4.69) is 10.6 Å². The Morgan fingerprint density at radius 1 is 0.868 bits per heavy atom. The SMILES string of the molecule is COc1ccc(N2C(=O)C(Cl)=C(Nc3cccc(C(=O)NCCc4ccc(OC)c(OC)c4)c3)C2=O)cc1. The van der Waals surface area contributed by atoms with Crippen molar-refractivity contribution in [1.29, 1.82) is 0 Å². The van der Waals surface area contributed by atoms with Crippen LogP contribution < -0.4 is 29.7 Å². The van der Waals surface area contributed by atoms with Crippen molar-refractivity contribution in [2.75, 3.05) is 38.1 Å². The smallest absolute Gasteiger partial charge is 0.283 e. The first kappa shape index (κ1) is 26.6. The van der Waals surface area contributed by atoms with Gasteiger partial charge in [0.1, 0.15) is 16.5 Å². The summed E-state index contributed by atoms with van der Waals surface area (Å²) in [6.07, 6.45) is 0.588. The van der Waals surface area contributed by atoms with Crippen LogP contribution in [0.1, 0.15) is 15.9 Å². The number of methoxy groups -OCH3 is 3. The molecule has 0 bridgehead atoms. The highest BCUT2D eigenvalue weighted by atomic mass is 35.5. The summed E-state index contributed by atoms with van der Waals surface area (Å²) < 4.78 is 15.7. The fraction of sp³-hybridized carbons (Fsp3) is 0.179. The van der Waals surface area contributed by atoms with E-state index in [-0.39, 0.29) is 16.6 Å². The van der Waals surface area contributed by atoms with Crippen LogP contribution in [0.2, 0.25) is 0 Å². The number of imide groups is 1. The fourth-order valence-electron chi connectivity index (χ4n) is 3.92. The summed E-state index contributed by atoms with van der Waals surface area (Å²) in [7, 11) is 4.66. The van der Waals surface area contributed by atoms with E-state index in [1.165, 1.54) is 7.11 Å². The number of nitrogens with one attached hydrogen (secondary N) is 2. The van der Waals surface area contributed by atoms with Crippen molar-refractivity contribution in [2.24, 2.45) is 0 Å². The highest BCUT2D eigenvalue weighted by Gasteiger charge is 2.39. The molecule has 9 nitrogen and oxygen atoms in total. The summed E-state index contributed by atoms with van der Waals surface area (Å²) in [5.41, 5.74) is 2.08. The summed E-state index contributed by atoms with van der Waals surface area (Å²) in [5.74, 6) is 0.304. The van der Waals surface area contributed by atoms with Gasteiger partial charge in [-0.15, -0.1) is 0 Å².